The van der Waals surface area contributed by atoms with Gasteiger partial charge in [-0.3, -0.25) is 0 Å². The molecule has 0 fully saturated rings. The molecule has 14 heavy (non-hydrogen) atoms. The van der Waals surface area contributed by atoms with Crippen molar-refractivity contribution in [2.24, 2.45) is 0 Å². The normalized spacial score (nSPS) is 13.9. The first kappa shape index (κ1) is 7.57. The summed E-state index contributed by atoms with van der Waals surface area (Å²) in [4.78, 5) is 0. The van der Waals surface area contributed by atoms with Crippen molar-refractivity contribution in [2.75, 3.05) is 0 Å². The second-order valence-corrected chi connectivity index (χ2v) is 3.51. The van der Waals surface area contributed by atoms with Crippen molar-refractivity contribution in [3.63, 3.8) is 0 Å². The fourth-order valence-corrected chi connectivity index (χ4v) is 1.85. The van der Waals surface area contributed by atoms with Gasteiger partial charge in [-0.25, -0.2) is 0 Å². The topological polar surface area (TPSA) is 0 Å². The van der Waals surface area contributed by atoms with Crippen LogP contribution in [0.15, 0.2) is 60.7 Å². The van der Waals surface area contributed by atoms with Gasteiger partial charge in [-0.15, -0.1) is 0 Å². The van der Waals surface area contributed by atoms with Gasteiger partial charge in [0.2, 0.25) is 0 Å². The van der Waals surface area contributed by atoms with Crippen LogP contribution in [-0.2, 0) is 0 Å². The third-order valence-corrected chi connectivity index (χ3v) is 2.65. The lowest BCUT2D eigenvalue weighted by molar-refractivity contribution is 1.65. The molecule has 0 radical (unpaired) electrons. The summed E-state index contributed by atoms with van der Waals surface area (Å²) in [5, 5.41) is 2.65. The second kappa shape index (κ2) is 2.85. The molecule has 0 heteroatoms. The lowest BCUT2D eigenvalue weighted by Gasteiger charge is -2.10. The monoisotopic (exact) mass is 178 g/mol. The summed E-state index contributed by atoms with van der Waals surface area (Å²) in [6, 6.07) is 15.0. The van der Waals surface area contributed by atoms with Crippen LogP contribution in [0.4, 0.5) is 0 Å². The minimum Gasteiger partial charge on any atom is -0.0616 e. The van der Waals surface area contributed by atoms with Crippen molar-refractivity contribution in [1.29, 1.82) is 0 Å². The summed E-state index contributed by atoms with van der Waals surface area (Å²) < 4.78 is 0. The first-order chi connectivity index (χ1) is 6.95. The number of benzene rings is 2. The van der Waals surface area contributed by atoms with Gasteiger partial charge in [-0.2, -0.15) is 0 Å². The summed E-state index contributed by atoms with van der Waals surface area (Å²) in [6.45, 7) is 0. The molecule has 0 aliphatic heterocycles. The molecule has 0 bridgehead atoms. The van der Waals surface area contributed by atoms with Gasteiger partial charge in [0, 0.05) is 0 Å². The van der Waals surface area contributed by atoms with E-state index in [2.05, 4.69) is 60.7 Å². The highest BCUT2D eigenvalue weighted by atomic mass is 14.1. The van der Waals surface area contributed by atoms with Crippen molar-refractivity contribution in [2.45, 2.75) is 0 Å². The van der Waals surface area contributed by atoms with Gasteiger partial charge in [-0.1, -0.05) is 60.7 Å². The number of hydrogen-bond donors (Lipinski definition) is 0. The predicted octanol–water partition coefficient (Wildman–Crippen LogP) is 3.79. The Morgan fingerprint density at radius 2 is 1.57 bits per heavy atom. The molecule has 0 unspecified atom stereocenters. The summed E-state index contributed by atoms with van der Waals surface area (Å²) in [5.41, 5.74) is 2.67. The Balaban J connectivity index is 2.33. The van der Waals surface area contributed by atoms with Crippen LogP contribution in [0.1, 0.15) is 5.56 Å². The van der Waals surface area contributed by atoms with Gasteiger partial charge in [0.05, 0.1) is 0 Å². The zero-order chi connectivity index (χ0) is 9.38. The highest BCUT2D eigenvalue weighted by Crippen LogP contribution is 2.28. The maximum absolute atomic E-state index is 2.18. The Hall–Kier alpha value is -1.82. The number of hydrogen-bond acceptors (Lipinski definition) is 0. The van der Waals surface area contributed by atoms with E-state index < -0.39 is 0 Å². The van der Waals surface area contributed by atoms with Gasteiger partial charge in [0.15, 0.2) is 0 Å². The lowest BCUT2D eigenvalue weighted by Crippen LogP contribution is -1.87. The molecule has 2 aromatic carbocycles. The van der Waals surface area contributed by atoms with E-state index >= 15 is 0 Å². The van der Waals surface area contributed by atoms with Crippen LogP contribution in [0.2, 0.25) is 0 Å². The average molecular weight is 178 g/mol. The van der Waals surface area contributed by atoms with E-state index in [0.29, 0.717) is 0 Å². The van der Waals surface area contributed by atoms with Crippen LogP contribution in [0, 0.1) is 0 Å². The molecule has 1 aliphatic rings. The van der Waals surface area contributed by atoms with E-state index in [1.54, 1.807) is 0 Å². The lowest BCUT2D eigenvalue weighted by atomic mass is 9.94. The van der Waals surface area contributed by atoms with Crippen molar-refractivity contribution in [3.05, 3.63) is 66.3 Å². The van der Waals surface area contributed by atoms with Gasteiger partial charge in [-0.05, 0) is 21.9 Å². The Morgan fingerprint density at radius 1 is 0.786 bits per heavy atom. The zero-order valence-corrected chi connectivity index (χ0v) is 7.77. The molecule has 0 saturated carbocycles. The smallest absolute Gasteiger partial charge is 0.0105 e. The van der Waals surface area contributed by atoms with Gasteiger partial charge in [0.25, 0.3) is 0 Å². The summed E-state index contributed by atoms with van der Waals surface area (Å²) in [6.07, 6.45) is 6.39. The van der Waals surface area contributed by atoms with Crippen molar-refractivity contribution < 1.29 is 0 Å². The largest absolute Gasteiger partial charge is 0.0616 e. The Labute approximate surface area is 83.2 Å². The zero-order valence-electron chi connectivity index (χ0n) is 7.77. The molecule has 0 amide bonds. The molecule has 2 aromatic rings. The van der Waals surface area contributed by atoms with Crippen LogP contribution in [-0.4, -0.2) is 0 Å². The third-order valence-electron chi connectivity index (χ3n) is 2.65. The minimum absolute atomic E-state index is 1.31. The van der Waals surface area contributed by atoms with Crippen molar-refractivity contribution in [1.82, 2.24) is 0 Å². The number of rotatable bonds is 1. The quantitative estimate of drug-likeness (QED) is 0.623. The molecule has 0 atom stereocenters. The molecule has 3 rings (SSSR count). The standard InChI is InChI=1S/C14H10/c1-2-9-13-11(5-1)8-4-10-14(13)12-6-3-7-12/h1-10H. The fourth-order valence-electron chi connectivity index (χ4n) is 1.85. The van der Waals surface area contributed by atoms with E-state index in [4.69, 9.17) is 0 Å². The summed E-state index contributed by atoms with van der Waals surface area (Å²) in [5.74, 6) is 0. The highest BCUT2D eigenvalue weighted by molar-refractivity contribution is 5.98. The SMILES string of the molecule is C1=CC(c2cccc3ccccc23)=C1. The molecule has 0 N–H and O–H groups in total. The Bertz CT molecular complexity index is 539. The van der Waals surface area contributed by atoms with Gasteiger partial charge >= 0.3 is 0 Å². The van der Waals surface area contributed by atoms with Crippen LogP contribution in [0.5, 0.6) is 0 Å². The molecular formula is C14H10. The Kier molecular flexibility index (Phi) is 1.54. The van der Waals surface area contributed by atoms with Gasteiger partial charge in [0.1, 0.15) is 0 Å². The van der Waals surface area contributed by atoms with Crippen molar-refractivity contribution >= 4 is 16.3 Å². The minimum atomic E-state index is 1.31. The van der Waals surface area contributed by atoms with E-state index in [1.807, 2.05) is 0 Å². The van der Waals surface area contributed by atoms with E-state index in [-0.39, 0.29) is 0 Å². The van der Waals surface area contributed by atoms with E-state index in [9.17, 15) is 0 Å². The van der Waals surface area contributed by atoms with Crippen LogP contribution in [0.3, 0.4) is 0 Å². The maximum atomic E-state index is 2.18. The third kappa shape index (κ3) is 1.01. The van der Waals surface area contributed by atoms with E-state index in [1.165, 1.54) is 21.9 Å². The Morgan fingerprint density at radius 3 is 2.36 bits per heavy atom. The second-order valence-electron chi connectivity index (χ2n) is 3.51. The number of allylic oxidation sites excluding steroid dienone is 4. The first-order valence-corrected chi connectivity index (χ1v) is 4.82. The number of fused-ring (bicyclic) bond motifs is 1. The first-order valence-electron chi connectivity index (χ1n) is 4.82. The average Bonchev–Trinajstić information content (AvgIpc) is 2.16. The molecule has 0 nitrogen and oxygen atoms in total. The highest BCUT2D eigenvalue weighted by Gasteiger charge is 2.05. The molecule has 0 saturated heterocycles. The van der Waals surface area contributed by atoms with E-state index in [0.717, 1.165) is 0 Å². The molecule has 0 heterocycles. The fraction of sp³-hybridized carbons (Fsp3) is 0. The molecule has 1 aliphatic carbocycles. The molecule has 0 aromatic heterocycles. The molecule has 0 spiro atoms. The van der Waals surface area contributed by atoms with Crippen molar-refractivity contribution in [3.8, 4) is 0 Å². The van der Waals surface area contributed by atoms with Crippen LogP contribution >= 0.6 is 0 Å². The molecule has 66 valence electrons. The molecular weight excluding hydrogens is 168 g/mol. The maximum Gasteiger partial charge on any atom is -0.0105 e. The predicted molar refractivity (Wildman–Crippen MR) is 61.1 cm³/mol. The van der Waals surface area contributed by atoms with Gasteiger partial charge < -0.3 is 0 Å². The summed E-state index contributed by atoms with van der Waals surface area (Å²) >= 11 is 0. The van der Waals surface area contributed by atoms with Crippen LogP contribution < -0.4 is 0 Å². The van der Waals surface area contributed by atoms with Crippen LogP contribution in [0.25, 0.3) is 16.3 Å². The summed E-state index contributed by atoms with van der Waals surface area (Å²) in [7, 11) is 0.